The van der Waals surface area contributed by atoms with E-state index >= 15 is 0 Å². The van der Waals surface area contributed by atoms with E-state index in [0.717, 1.165) is 27.4 Å². The molecule has 1 aromatic heterocycles. The lowest BCUT2D eigenvalue weighted by Gasteiger charge is -2.14. The molecule has 0 bridgehead atoms. The van der Waals surface area contributed by atoms with E-state index in [9.17, 15) is 0 Å². The normalized spacial score (nSPS) is 12.5. The molecular formula is C17H15BrN2. The number of nitrogens with zero attached hydrogens (tertiary/aromatic N) is 1. The predicted octanol–water partition coefficient (Wildman–Crippen LogP) is 4.24. The lowest BCUT2D eigenvalue weighted by atomic mass is 9.97. The Balaban J connectivity index is 1.92. The first-order valence-corrected chi connectivity index (χ1v) is 7.37. The summed E-state index contributed by atoms with van der Waals surface area (Å²) in [7, 11) is 0. The molecule has 0 radical (unpaired) electrons. The van der Waals surface area contributed by atoms with Gasteiger partial charge in [0.25, 0.3) is 0 Å². The molecule has 2 N–H and O–H groups in total. The molecule has 1 atom stereocenters. The van der Waals surface area contributed by atoms with E-state index in [0.29, 0.717) is 0 Å². The van der Waals surface area contributed by atoms with Crippen molar-refractivity contribution in [3.05, 3.63) is 76.4 Å². The molecule has 0 aliphatic heterocycles. The van der Waals surface area contributed by atoms with Gasteiger partial charge in [0.15, 0.2) is 0 Å². The number of nitrogens with two attached hydrogens (primary N) is 1. The fourth-order valence-corrected chi connectivity index (χ4v) is 2.68. The lowest BCUT2D eigenvalue weighted by molar-refractivity contribution is 0.726. The zero-order valence-electron chi connectivity index (χ0n) is 11.0. The zero-order chi connectivity index (χ0) is 13.9. The minimum absolute atomic E-state index is 0.0465. The molecular weight excluding hydrogens is 312 g/mol. The van der Waals surface area contributed by atoms with Crippen molar-refractivity contribution >= 4 is 26.8 Å². The number of pyridine rings is 1. The molecule has 3 heteroatoms. The highest BCUT2D eigenvalue weighted by atomic mass is 79.9. The van der Waals surface area contributed by atoms with Crippen LogP contribution in [0.1, 0.15) is 17.2 Å². The molecule has 1 heterocycles. The molecule has 2 nitrogen and oxygen atoms in total. The summed E-state index contributed by atoms with van der Waals surface area (Å²) in [6.07, 6.45) is 2.63. The summed E-state index contributed by atoms with van der Waals surface area (Å²) in [5.74, 6) is 0. The van der Waals surface area contributed by atoms with E-state index in [1.807, 2.05) is 30.5 Å². The average Bonchev–Trinajstić information content (AvgIpc) is 2.49. The van der Waals surface area contributed by atoms with E-state index in [1.165, 1.54) is 5.56 Å². The Morgan fingerprint density at radius 3 is 2.55 bits per heavy atom. The summed E-state index contributed by atoms with van der Waals surface area (Å²) in [5, 5.41) is 1.14. The monoisotopic (exact) mass is 326 g/mol. The Kier molecular flexibility index (Phi) is 3.81. The van der Waals surface area contributed by atoms with Crippen LogP contribution in [0.25, 0.3) is 10.9 Å². The number of hydrogen-bond donors (Lipinski definition) is 1. The first-order valence-electron chi connectivity index (χ1n) is 6.58. The Morgan fingerprint density at radius 1 is 1.00 bits per heavy atom. The number of hydrogen-bond acceptors (Lipinski definition) is 2. The zero-order valence-corrected chi connectivity index (χ0v) is 12.5. The highest BCUT2D eigenvalue weighted by Gasteiger charge is 2.11. The second-order valence-electron chi connectivity index (χ2n) is 4.86. The molecule has 1 unspecified atom stereocenters. The van der Waals surface area contributed by atoms with Crippen LogP contribution in [0.4, 0.5) is 0 Å². The standard InChI is InChI=1S/C17H15BrN2/c18-14-8-6-12(7-9-14)11-16(19)15-5-1-3-13-4-2-10-20-17(13)15/h1-10,16H,11,19H2. The maximum absolute atomic E-state index is 6.38. The minimum Gasteiger partial charge on any atom is -0.324 e. The summed E-state index contributed by atoms with van der Waals surface area (Å²) in [4.78, 5) is 4.47. The van der Waals surface area contributed by atoms with Crippen molar-refractivity contribution in [3.63, 3.8) is 0 Å². The Labute approximate surface area is 126 Å². The summed E-state index contributed by atoms with van der Waals surface area (Å²) in [5.41, 5.74) is 9.71. The molecule has 0 amide bonds. The van der Waals surface area contributed by atoms with Crippen molar-refractivity contribution in [1.82, 2.24) is 4.98 Å². The van der Waals surface area contributed by atoms with Crippen LogP contribution in [0.2, 0.25) is 0 Å². The molecule has 20 heavy (non-hydrogen) atoms. The fraction of sp³-hybridized carbons (Fsp3) is 0.118. The van der Waals surface area contributed by atoms with E-state index in [2.05, 4.69) is 51.2 Å². The maximum Gasteiger partial charge on any atom is 0.0749 e. The van der Waals surface area contributed by atoms with Crippen LogP contribution in [0.15, 0.2) is 65.3 Å². The fourth-order valence-electron chi connectivity index (χ4n) is 2.41. The van der Waals surface area contributed by atoms with Gasteiger partial charge in [-0.15, -0.1) is 0 Å². The molecule has 0 spiro atoms. The van der Waals surface area contributed by atoms with Gasteiger partial charge in [-0.05, 0) is 35.7 Å². The topological polar surface area (TPSA) is 38.9 Å². The number of benzene rings is 2. The number of fused-ring (bicyclic) bond motifs is 1. The third-order valence-corrected chi connectivity index (χ3v) is 3.96. The molecule has 3 rings (SSSR count). The summed E-state index contributed by atoms with van der Waals surface area (Å²) < 4.78 is 1.08. The lowest BCUT2D eigenvalue weighted by Crippen LogP contribution is -2.14. The molecule has 2 aromatic carbocycles. The quantitative estimate of drug-likeness (QED) is 0.781. The van der Waals surface area contributed by atoms with Crippen LogP contribution in [-0.4, -0.2) is 4.98 Å². The Bertz CT molecular complexity index is 717. The first kappa shape index (κ1) is 13.3. The molecule has 0 fully saturated rings. The van der Waals surface area contributed by atoms with E-state index in [-0.39, 0.29) is 6.04 Å². The van der Waals surface area contributed by atoms with Crippen LogP contribution in [0, 0.1) is 0 Å². The van der Waals surface area contributed by atoms with Crippen LogP contribution in [0.3, 0.4) is 0 Å². The van der Waals surface area contributed by atoms with Crippen molar-refractivity contribution in [2.45, 2.75) is 12.5 Å². The third kappa shape index (κ3) is 2.74. The minimum atomic E-state index is -0.0465. The molecule has 100 valence electrons. The van der Waals surface area contributed by atoms with Gasteiger partial charge in [0.05, 0.1) is 5.52 Å². The van der Waals surface area contributed by atoms with Gasteiger partial charge in [-0.3, -0.25) is 4.98 Å². The van der Waals surface area contributed by atoms with Crippen LogP contribution >= 0.6 is 15.9 Å². The van der Waals surface area contributed by atoms with E-state index < -0.39 is 0 Å². The maximum atomic E-state index is 6.38. The van der Waals surface area contributed by atoms with Crippen LogP contribution < -0.4 is 5.73 Å². The molecule has 0 saturated carbocycles. The largest absolute Gasteiger partial charge is 0.324 e. The highest BCUT2D eigenvalue weighted by molar-refractivity contribution is 9.10. The van der Waals surface area contributed by atoms with Gasteiger partial charge >= 0.3 is 0 Å². The third-order valence-electron chi connectivity index (χ3n) is 3.43. The van der Waals surface area contributed by atoms with Crippen molar-refractivity contribution < 1.29 is 0 Å². The molecule has 0 aliphatic rings. The second-order valence-corrected chi connectivity index (χ2v) is 5.78. The molecule has 3 aromatic rings. The van der Waals surface area contributed by atoms with Gasteiger partial charge in [0.1, 0.15) is 0 Å². The average molecular weight is 327 g/mol. The molecule has 0 saturated heterocycles. The number of aromatic nitrogens is 1. The Hall–Kier alpha value is -1.71. The van der Waals surface area contributed by atoms with Gasteiger partial charge in [-0.25, -0.2) is 0 Å². The smallest absolute Gasteiger partial charge is 0.0749 e. The predicted molar refractivity (Wildman–Crippen MR) is 86.5 cm³/mol. The van der Waals surface area contributed by atoms with E-state index in [1.54, 1.807) is 0 Å². The van der Waals surface area contributed by atoms with Gasteiger partial charge in [0.2, 0.25) is 0 Å². The van der Waals surface area contributed by atoms with Crippen LogP contribution in [-0.2, 0) is 6.42 Å². The number of para-hydroxylation sites is 1. The number of rotatable bonds is 3. The Morgan fingerprint density at radius 2 is 1.75 bits per heavy atom. The summed E-state index contributed by atoms with van der Waals surface area (Å²) in [6.45, 7) is 0. The first-order chi connectivity index (χ1) is 9.74. The second kappa shape index (κ2) is 5.73. The summed E-state index contributed by atoms with van der Waals surface area (Å²) >= 11 is 3.45. The van der Waals surface area contributed by atoms with Gasteiger partial charge in [-0.1, -0.05) is 52.3 Å². The van der Waals surface area contributed by atoms with Crippen molar-refractivity contribution in [3.8, 4) is 0 Å². The number of halogens is 1. The van der Waals surface area contributed by atoms with Crippen molar-refractivity contribution in [2.24, 2.45) is 5.73 Å². The van der Waals surface area contributed by atoms with Crippen molar-refractivity contribution in [2.75, 3.05) is 0 Å². The van der Waals surface area contributed by atoms with Crippen molar-refractivity contribution in [1.29, 1.82) is 0 Å². The highest BCUT2D eigenvalue weighted by Crippen LogP contribution is 2.24. The van der Waals surface area contributed by atoms with Crippen LogP contribution in [0.5, 0.6) is 0 Å². The SMILES string of the molecule is NC(Cc1ccc(Br)cc1)c1cccc2cccnc12. The van der Waals surface area contributed by atoms with Gasteiger partial charge in [0, 0.05) is 22.1 Å². The van der Waals surface area contributed by atoms with Gasteiger partial charge < -0.3 is 5.73 Å². The summed E-state index contributed by atoms with van der Waals surface area (Å²) in [6, 6.07) is 18.4. The van der Waals surface area contributed by atoms with Gasteiger partial charge in [-0.2, -0.15) is 0 Å². The van der Waals surface area contributed by atoms with E-state index in [4.69, 9.17) is 5.73 Å². The molecule has 0 aliphatic carbocycles.